The normalized spacial score (nSPS) is 14.5. The number of carbonyl (C=O) groups excluding carboxylic acids is 1. The van der Waals surface area contributed by atoms with Crippen molar-refractivity contribution in [3.63, 3.8) is 0 Å². The predicted octanol–water partition coefficient (Wildman–Crippen LogP) is 3.23. The number of anilines is 1. The van der Waals surface area contributed by atoms with E-state index in [4.69, 9.17) is 0 Å². The molecule has 9 heteroatoms. The Kier molecular flexibility index (Phi) is 4.91. The molecule has 2 aromatic carbocycles. The van der Waals surface area contributed by atoms with E-state index in [2.05, 4.69) is 9.88 Å². The van der Waals surface area contributed by atoms with Crippen LogP contribution >= 0.6 is 11.3 Å². The van der Waals surface area contributed by atoms with Crippen molar-refractivity contribution in [3.8, 4) is 0 Å². The van der Waals surface area contributed by atoms with Gasteiger partial charge < -0.3 is 9.80 Å². The van der Waals surface area contributed by atoms with Gasteiger partial charge in [0, 0.05) is 38.3 Å². The van der Waals surface area contributed by atoms with Crippen molar-refractivity contribution in [2.45, 2.75) is 6.42 Å². The largest absolute Gasteiger partial charge is 0.345 e. The Hall–Kier alpha value is -3.07. The van der Waals surface area contributed by atoms with Gasteiger partial charge in [0.25, 0.3) is 5.69 Å². The summed E-state index contributed by atoms with van der Waals surface area (Å²) in [6.07, 6.45) is 0.213. The van der Waals surface area contributed by atoms with Crippen LogP contribution in [0.25, 0.3) is 10.2 Å². The highest BCUT2D eigenvalue weighted by molar-refractivity contribution is 7.22. The van der Waals surface area contributed by atoms with Crippen molar-refractivity contribution >= 4 is 38.3 Å². The molecule has 144 valence electrons. The molecule has 2 heterocycles. The molecule has 28 heavy (non-hydrogen) atoms. The van der Waals surface area contributed by atoms with E-state index in [0.29, 0.717) is 31.7 Å². The minimum atomic E-state index is -0.460. The molecule has 1 saturated heterocycles. The lowest BCUT2D eigenvalue weighted by Gasteiger charge is -2.34. The van der Waals surface area contributed by atoms with Crippen molar-refractivity contribution in [2.24, 2.45) is 0 Å². The van der Waals surface area contributed by atoms with E-state index in [1.807, 2.05) is 6.07 Å². The van der Waals surface area contributed by atoms with Crippen molar-refractivity contribution in [1.29, 1.82) is 0 Å². The smallest absolute Gasteiger partial charge is 0.269 e. The van der Waals surface area contributed by atoms with Gasteiger partial charge in [-0.3, -0.25) is 14.9 Å². The number of rotatable bonds is 4. The maximum atomic E-state index is 13.8. The molecular weight excluding hydrogens is 383 g/mol. The fraction of sp³-hybridized carbons (Fsp3) is 0.263. The molecule has 1 aromatic heterocycles. The minimum Gasteiger partial charge on any atom is -0.345 e. The number of nitro benzene ring substituents is 1. The number of piperazine rings is 1. The second kappa shape index (κ2) is 7.51. The highest BCUT2D eigenvalue weighted by atomic mass is 32.1. The monoisotopic (exact) mass is 400 g/mol. The van der Waals surface area contributed by atoms with Gasteiger partial charge in [-0.25, -0.2) is 9.37 Å². The molecule has 4 rings (SSSR count). The molecule has 1 aliphatic rings. The van der Waals surface area contributed by atoms with Crippen LogP contribution in [0.5, 0.6) is 0 Å². The molecule has 3 aromatic rings. The zero-order valence-corrected chi connectivity index (χ0v) is 15.7. The molecule has 1 amide bonds. The van der Waals surface area contributed by atoms with Gasteiger partial charge in [-0.05, 0) is 17.7 Å². The van der Waals surface area contributed by atoms with E-state index >= 15 is 0 Å². The molecule has 0 atom stereocenters. The number of nitrogens with zero attached hydrogens (tertiary/aromatic N) is 4. The minimum absolute atomic E-state index is 0.0103. The number of carbonyl (C=O) groups is 1. The molecule has 0 radical (unpaired) electrons. The number of thiazole rings is 1. The van der Waals surface area contributed by atoms with E-state index < -0.39 is 4.92 Å². The third-order valence-electron chi connectivity index (χ3n) is 4.76. The van der Waals surface area contributed by atoms with Crippen LogP contribution < -0.4 is 4.90 Å². The molecule has 0 bridgehead atoms. The lowest BCUT2D eigenvalue weighted by atomic mass is 10.1. The Bertz CT molecular complexity index is 1030. The Morgan fingerprint density at radius 2 is 1.86 bits per heavy atom. The third kappa shape index (κ3) is 3.65. The van der Waals surface area contributed by atoms with Gasteiger partial charge in [0.05, 0.1) is 16.0 Å². The number of hydrogen-bond donors (Lipinski definition) is 0. The maximum absolute atomic E-state index is 13.8. The molecule has 0 unspecified atom stereocenters. The summed E-state index contributed by atoms with van der Waals surface area (Å²) in [7, 11) is 0. The molecule has 1 aliphatic heterocycles. The van der Waals surface area contributed by atoms with Gasteiger partial charge in [0.15, 0.2) is 5.13 Å². The van der Waals surface area contributed by atoms with E-state index in [-0.39, 0.29) is 23.8 Å². The molecule has 7 nitrogen and oxygen atoms in total. The molecular formula is C19H17FN4O3S. The number of fused-ring (bicyclic) bond motifs is 1. The number of halogens is 1. The number of nitro groups is 1. The molecule has 0 saturated carbocycles. The summed E-state index contributed by atoms with van der Waals surface area (Å²) in [6, 6.07) is 11.0. The summed E-state index contributed by atoms with van der Waals surface area (Å²) >= 11 is 1.45. The number of hydrogen-bond acceptors (Lipinski definition) is 6. The highest BCUT2D eigenvalue weighted by Gasteiger charge is 2.23. The standard InChI is InChI=1S/C19H17FN4O3S/c20-15-2-1-3-16-18(15)21-19(28-16)23-10-8-22(9-11-23)17(25)12-13-4-6-14(7-5-13)24(26)27/h1-7H,8-12H2. The van der Waals surface area contributed by atoms with Gasteiger partial charge >= 0.3 is 0 Å². The summed E-state index contributed by atoms with van der Waals surface area (Å²) in [6.45, 7) is 2.38. The molecule has 0 aliphatic carbocycles. The van der Waals surface area contributed by atoms with Crippen LogP contribution in [0, 0.1) is 15.9 Å². The number of amides is 1. The first-order valence-corrected chi connectivity index (χ1v) is 9.64. The SMILES string of the molecule is O=C(Cc1ccc([N+](=O)[O-])cc1)N1CCN(c2nc3c(F)cccc3s2)CC1. The molecule has 0 N–H and O–H groups in total. The second-order valence-corrected chi connectivity index (χ2v) is 7.56. The highest BCUT2D eigenvalue weighted by Crippen LogP contribution is 2.30. The topological polar surface area (TPSA) is 79.6 Å². The Balaban J connectivity index is 1.37. The summed E-state index contributed by atoms with van der Waals surface area (Å²) in [5.41, 5.74) is 1.15. The Morgan fingerprint density at radius 3 is 2.50 bits per heavy atom. The molecule has 1 fully saturated rings. The predicted molar refractivity (Wildman–Crippen MR) is 105 cm³/mol. The van der Waals surface area contributed by atoms with Crippen molar-refractivity contribution in [1.82, 2.24) is 9.88 Å². The zero-order chi connectivity index (χ0) is 19.7. The van der Waals surface area contributed by atoms with Gasteiger partial charge in [0.1, 0.15) is 11.3 Å². The number of para-hydroxylation sites is 1. The lowest BCUT2D eigenvalue weighted by molar-refractivity contribution is -0.384. The van der Waals surface area contributed by atoms with Crippen molar-refractivity contribution in [3.05, 3.63) is 64.0 Å². The number of benzene rings is 2. The first kappa shape index (κ1) is 18.3. The average molecular weight is 400 g/mol. The van der Waals surface area contributed by atoms with Crippen LogP contribution in [-0.4, -0.2) is 46.9 Å². The fourth-order valence-corrected chi connectivity index (χ4v) is 4.24. The van der Waals surface area contributed by atoms with E-state index in [9.17, 15) is 19.3 Å². The quantitative estimate of drug-likeness (QED) is 0.496. The summed E-state index contributed by atoms with van der Waals surface area (Å²) in [5, 5.41) is 11.5. The van der Waals surface area contributed by atoms with Crippen molar-refractivity contribution in [2.75, 3.05) is 31.1 Å². The van der Waals surface area contributed by atoms with Gasteiger partial charge in [-0.2, -0.15) is 0 Å². The van der Waals surface area contributed by atoms with Gasteiger partial charge in [-0.15, -0.1) is 0 Å². The Morgan fingerprint density at radius 1 is 1.14 bits per heavy atom. The van der Waals surface area contributed by atoms with E-state index in [1.54, 1.807) is 23.1 Å². The third-order valence-corrected chi connectivity index (χ3v) is 5.85. The zero-order valence-electron chi connectivity index (χ0n) is 14.9. The lowest BCUT2D eigenvalue weighted by Crippen LogP contribution is -2.49. The van der Waals surface area contributed by atoms with Crippen LogP contribution in [0.15, 0.2) is 42.5 Å². The van der Waals surface area contributed by atoms with E-state index in [0.717, 1.165) is 15.4 Å². The Labute approximate surface area is 164 Å². The summed E-state index contributed by atoms with van der Waals surface area (Å²) in [5.74, 6) is -0.333. The summed E-state index contributed by atoms with van der Waals surface area (Å²) < 4.78 is 14.7. The van der Waals surface area contributed by atoms with Crippen LogP contribution in [0.3, 0.4) is 0 Å². The van der Waals surface area contributed by atoms with Crippen molar-refractivity contribution < 1.29 is 14.1 Å². The fourth-order valence-electron chi connectivity index (χ4n) is 3.21. The second-order valence-electron chi connectivity index (χ2n) is 6.55. The van der Waals surface area contributed by atoms with Gasteiger partial charge in [0.2, 0.25) is 5.91 Å². The van der Waals surface area contributed by atoms with Crippen LogP contribution in [0.4, 0.5) is 15.2 Å². The summed E-state index contributed by atoms with van der Waals surface area (Å²) in [4.78, 5) is 31.0. The molecule has 0 spiro atoms. The van der Waals surface area contributed by atoms with Gasteiger partial charge in [-0.1, -0.05) is 29.5 Å². The maximum Gasteiger partial charge on any atom is 0.269 e. The van der Waals surface area contributed by atoms with Crippen LogP contribution in [-0.2, 0) is 11.2 Å². The number of non-ortho nitro benzene ring substituents is 1. The van der Waals surface area contributed by atoms with Crippen LogP contribution in [0.1, 0.15) is 5.56 Å². The first-order valence-electron chi connectivity index (χ1n) is 8.82. The number of aromatic nitrogens is 1. The average Bonchev–Trinajstić information content (AvgIpc) is 3.14. The van der Waals surface area contributed by atoms with Crippen LogP contribution in [0.2, 0.25) is 0 Å². The van der Waals surface area contributed by atoms with E-state index in [1.165, 1.54) is 29.5 Å². The first-order chi connectivity index (χ1) is 13.5.